The van der Waals surface area contributed by atoms with Crippen LogP contribution in [-0.4, -0.2) is 58.8 Å². The molecule has 1 aromatic heterocycles. The van der Waals surface area contributed by atoms with Gasteiger partial charge in [0.15, 0.2) is 4.34 Å². The van der Waals surface area contributed by atoms with E-state index in [1.54, 1.807) is 6.08 Å². The second-order valence-electron chi connectivity index (χ2n) is 7.11. The molecule has 164 valence electrons. The van der Waals surface area contributed by atoms with E-state index in [1.807, 2.05) is 71.6 Å². The van der Waals surface area contributed by atoms with Crippen LogP contribution in [0.5, 0.6) is 0 Å². The SMILES string of the molecule is O=C(CSc1nnc(N2CCN(C(=O)/C=C/c3ccccc3)CC2)s1)Nc1ccccc1. The van der Waals surface area contributed by atoms with Crippen LogP contribution in [0, 0.1) is 0 Å². The van der Waals surface area contributed by atoms with E-state index in [0.717, 1.165) is 20.7 Å². The summed E-state index contributed by atoms with van der Waals surface area (Å²) < 4.78 is 0.757. The Morgan fingerprint density at radius 2 is 1.66 bits per heavy atom. The highest BCUT2D eigenvalue weighted by atomic mass is 32.2. The van der Waals surface area contributed by atoms with Gasteiger partial charge in [0.25, 0.3) is 0 Å². The third-order valence-corrected chi connectivity index (χ3v) is 6.98. The van der Waals surface area contributed by atoms with Gasteiger partial charge in [0.1, 0.15) is 0 Å². The Balaban J connectivity index is 1.22. The topological polar surface area (TPSA) is 78.4 Å². The Morgan fingerprint density at radius 1 is 0.969 bits per heavy atom. The van der Waals surface area contributed by atoms with Crippen LogP contribution in [0.25, 0.3) is 6.08 Å². The molecule has 1 N–H and O–H groups in total. The van der Waals surface area contributed by atoms with Crippen LogP contribution in [0.15, 0.2) is 71.1 Å². The number of amides is 2. The number of carbonyl (C=O) groups excluding carboxylic acids is 2. The summed E-state index contributed by atoms with van der Waals surface area (Å²) in [7, 11) is 0. The lowest BCUT2D eigenvalue weighted by Crippen LogP contribution is -2.48. The number of thioether (sulfide) groups is 1. The number of carbonyl (C=O) groups is 2. The Labute approximate surface area is 195 Å². The fourth-order valence-corrected chi connectivity index (χ4v) is 4.88. The normalized spacial score (nSPS) is 14.0. The second kappa shape index (κ2) is 10.9. The molecule has 1 aliphatic rings. The fraction of sp³-hybridized carbons (Fsp3) is 0.217. The Hall–Kier alpha value is -3.17. The molecule has 2 heterocycles. The number of piperazine rings is 1. The van der Waals surface area contributed by atoms with E-state index in [1.165, 1.54) is 23.1 Å². The van der Waals surface area contributed by atoms with Crippen molar-refractivity contribution in [3.05, 3.63) is 72.3 Å². The van der Waals surface area contributed by atoms with E-state index in [4.69, 9.17) is 0 Å². The molecule has 2 amide bonds. The maximum atomic E-state index is 12.5. The van der Waals surface area contributed by atoms with E-state index >= 15 is 0 Å². The summed E-state index contributed by atoms with van der Waals surface area (Å²) in [6.07, 6.45) is 3.47. The van der Waals surface area contributed by atoms with Crippen LogP contribution >= 0.6 is 23.1 Å². The van der Waals surface area contributed by atoms with Crippen molar-refractivity contribution in [2.75, 3.05) is 42.1 Å². The van der Waals surface area contributed by atoms with E-state index < -0.39 is 0 Å². The Kier molecular flexibility index (Phi) is 7.52. The molecular formula is C23H23N5O2S2. The van der Waals surface area contributed by atoms with Crippen LogP contribution in [-0.2, 0) is 9.59 Å². The molecule has 4 rings (SSSR count). The summed E-state index contributed by atoms with van der Waals surface area (Å²) in [4.78, 5) is 28.5. The molecule has 0 radical (unpaired) electrons. The number of nitrogens with zero attached hydrogens (tertiary/aromatic N) is 4. The summed E-state index contributed by atoms with van der Waals surface area (Å²) in [6.45, 7) is 2.69. The maximum absolute atomic E-state index is 12.5. The molecule has 9 heteroatoms. The van der Waals surface area contributed by atoms with Gasteiger partial charge < -0.3 is 15.1 Å². The van der Waals surface area contributed by atoms with Crippen LogP contribution in [0.4, 0.5) is 10.8 Å². The lowest BCUT2D eigenvalue weighted by molar-refractivity contribution is -0.126. The standard InChI is InChI=1S/C23H23N5O2S2/c29-20(24-19-9-5-2-6-10-19)17-31-23-26-25-22(32-23)28-15-13-27(14-16-28)21(30)12-11-18-7-3-1-4-8-18/h1-12H,13-17H2,(H,24,29)/b12-11+. The first-order valence-electron chi connectivity index (χ1n) is 10.3. The van der Waals surface area contributed by atoms with Crippen molar-refractivity contribution in [3.63, 3.8) is 0 Å². The molecule has 0 unspecified atom stereocenters. The van der Waals surface area contributed by atoms with Crippen LogP contribution in [0.2, 0.25) is 0 Å². The van der Waals surface area contributed by atoms with Crippen LogP contribution < -0.4 is 10.2 Å². The molecule has 0 bridgehead atoms. The first-order chi connectivity index (χ1) is 15.7. The van der Waals surface area contributed by atoms with Gasteiger partial charge in [-0.1, -0.05) is 71.6 Å². The van der Waals surface area contributed by atoms with Crippen LogP contribution in [0.3, 0.4) is 0 Å². The van der Waals surface area contributed by atoms with E-state index in [0.29, 0.717) is 26.2 Å². The van der Waals surface area contributed by atoms with Gasteiger partial charge in [-0.05, 0) is 23.8 Å². The molecule has 32 heavy (non-hydrogen) atoms. The van der Waals surface area contributed by atoms with E-state index in [2.05, 4.69) is 20.4 Å². The smallest absolute Gasteiger partial charge is 0.246 e. The van der Waals surface area contributed by atoms with Gasteiger partial charge in [0.2, 0.25) is 16.9 Å². The highest BCUT2D eigenvalue weighted by molar-refractivity contribution is 8.01. The number of rotatable bonds is 7. The molecule has 0 spiro atoms. The number of nitrogens with one attached hydrogen (secondary N) is 1. The molecule has 1 fully saturated rings. The molecule has 0 saturated carbocycles. The van der Waals surface area contributed by atoms with Gasteiger partial charge >= 0.3 is 0 Å². The summed E-state index contributed by atoms with van der Waals surface area (Å²) >= 11 is 2.85. The molecule has 0 aliphatic carbocycles. The zero-order valence-electron chi connectivity index (χ0n) is 17.4. The first kappa shape index (κ1) is 22.0. The van der Waals surface area contributed by atoms with E-state index in [-0.39, 0.29) is 17.6 Å². The lowest BCUT2D eigenvalue weighted by Gasteiger charge is -2.33. The number of benzene rings is 2. The lowest BCUT2D eigenvalue weighted by atomic mass is 10.2. The Bertz CT molecular complexity index is 1060. The molecule has 2 aromatic carbocycles. The van der Waals surface area contributed by atoms with Gasteiger partial charge in [-0.2, -0.15) is 0 Å². The minimum Gasteiger partial charge on any atom is -0.343 e. The van der Waals surface area contributed by atoms with Crippen molar-refractivity contribution >= 4 is 51.8 Å². The van der Waals surface area contributed by atoms with Crippen molar-refractivity contribution < 1.29 is 9.59 Å². The highest BCUT2D eigenvalue weighted by Gasteiger charge is 2.22. The quantitative estimate of drug-likeness (QED) is 0.424. The Morgan fingerprint density at radius 3 is 2.38 bits per heavy atom. The minimum atomic E-state index is -0.0753. The summed E-state index contributed by atoms with van der Waals surface area (Å²) in [5.41, 5.74) is 1.79. The predicted molar refractivity (Wildman–Crippen MR) is 130 cm³/mol. The van der Waals surface area contributed by atoms with Gasteiger partial charge in [0, 0.05) is 37.9 Å². The molecule has 1 saturated heterocycles. The predicted octanol–water partition coefficient (Wildman–Crippen LogP) is 3.63. The summed E-state index contributed by atoms with van der Waals surface area (Å²) in [5.74, 6) is 0.222. The highest BCUT2D eigenvalue weighted by Crippen LogP contribution is 2.28. The summed E-state index contributed by atoms with van der Waals surface area (Å²) in [6, 6.07) is 19.2. The summed E-state index contributed by atoms with van der Waals surface area (Å²) in [5, 5.41) is 12.2. The minimum absolute atomic E-state index is 0.0199. The van der Waals surface area contributed by atoms with Gasteiger partial charge in [-0.25, -0.2) is 0 Å². The van der Waals surface area contributed by atoms with Crippen molar-refractivity contribution in [2.24, 2.45) is 0 Å². The monoisotopic (exact) mass is 465 g/mol. The number of anilines is 2. The zero-order valence-corrected chi connectivity index (χ0v) is 19.0. The van der Waals surface area contributed by atoms with Crippen molar-refractivity contribution in [1.82, 2.24) is 15.1 Å². The van der Waals surface area contributed by atoms with Gasteiger partial charge in [-0.15, -0.1) is 10.2 Å². The average Bonchev–Trinajstić information content (AvgIpc) is 3.32. The third kappa shape index (κ3) is 6.18. The third-order valence-electron chi connectivity index (χ3n) is 4.86. The second-order valence-corrected chi connectivity index (χ2v) is 9.29. The molecular weight excluding hydrogens is 442 g/mol. The fourth-order valence-electron chi connectivity index (χ4n) is 3.19. The number of hydrogen-bond donors (Lipinski definition) is 1. The van der Waals surface area contributed by atoms with Crippen molar-refractivity contribution in [1.29, 1.82) is 0 Å². The number of para-hydroxylation sites is 1. The van der Waals surface area contributed by atoms with Crippen LogP contribution in [0.1, 0.15) is 5.56 Å². The number of aromatic nitrogens is 2. The van der Waals surface area contributed by atoms with Crippen molar-refractivity contribution in [2.45, 2.75) is 4.34 Å². The average molecular weight is 466 g/mol. The van der Waals surface area contributed by atoms with Gasteiger partial charge in [0.05, 0.1) is 5.75 Å². The molecule has 7 nitrogen and oxygen atoms in total. The number of hydrogen-bond acceptors (Lipinski definition) is 7. The molecule has 1 aliphatic heterocycles. The zero-order chi connectivity index (χ0) is 22.2. The van der Waals surface area contributed by atoms with Crippen molar-refractivity contribution in [3.8, 4) is 0 Å². The largest absolute Gasteiger partial charge is 0.343 e. The maximum Gasteiger partial charge on any atom is 0.246 e. The molecule has 3 aromatic rings. The van der Waals surface area contributed by atoms with E-state index in [9.17, 15) is 9.59 Å². The molecule has 0 atom stereocenters. The first-order valence-corrected chi connectivity index (χ1v) is 12.1. The van der Waals surface area contributed by atoms with Gasteiger partial charge in [-0.3, -0.25) is 9.59 Å².